The van der Waals surface area contributed by atoms with Crippen LogP contribution in [0.15, 0.2) is 59.8 Å². The van der Waals surface area contributed by atoms with Gasteiger partial charge in [-0.25, -0.2) is 0 Å². The second kappa shape index (κ2) is 5.81. The van der Waals surface area contributed by atoms with E-state index in [4.69, 9.17) is 0 Å². The standard InChI is InChI=1S/C17H15N3O2/c1-20-11-14(16(21)13-4-2-3-5-15(13)20)17(22)19-10-12-6-8-18-9-7-12/h2-9,11H,10H2,1H3,(H,19,22). The molecule has 3 aromatic rings. The summed E-state index contributed by atoms with van der Waals surface area (Å²) in [5, 5.41) is 3.31. The summed E-state index contributed by atoms with van der Waals surface area (Å²) in [5.74, 6) is -0.372. The topological polar surface area (TPSA) is 64.0 Å². The van der Waals surface area contributed by atoms with Crippen LogP contribution in [0.5, 0.6) is 0 Å². The van der Waals surface area contributed by atoms with Crippen molar-refractivity contribution in [2.45, 2.75) is 6.54 Å². The number of para-hydroxylation sites is 1. The maximum atomic E-state index is 12.4. The van der Waals surface area contributed by atoms with E-state index in [0.717, 1.165) is 11.1 Å². The fourth-order valence-electron chi connectivity index (χ4n) is 2.38. The van der Waals surface area contributed by atoms with Gasteiger partial charge in [0.1, 0.15) is 5.56 Å². The highest BCUT2D eigenvalue weighted by Gasteiger charge is 2.13. The molecule has 0 saturated carbocycles. The Kier molecular flexibility index (Phi) is 3.70. The van der Waals surface area contributed by atoms with Crippen LogP contribution in [0.3, 0.4) is 0 Å². The van der Waals surface area contributed by atoms with Crippen molar-refractivity contribution in [3.8, 4) is 0 Å². The molecule has 0 fully saturated rings. The van der Waals surface area contributed by atoms with Crippen molar-refractivity contribution in [2.24, 2.45) is 7.05 Å². The van der Waals surface area contributed by atoms with Crippen LogP contribution in [0.4, 0.5) is 0 Å². The van der Waals surface area contributed by atoms with Gasteiger partial charge in [0.2, 0.25) is 5.43 Å². The summed E-state index contributed by atoms with van der Waals surface area (Å²) in [5.41, 5.74) is 1.63. The van der Waals surface area contributed by atoms with E-state index in [1.165, 1.54) is 0 Å². The highest BCUT2D eigenvalue weighted by molar-refractivity contribution is 5.97. The van der Waals surface area contributed by atoms with Crippen molar-refractivity contribution in [3.63, 3.8) is 0 Å². The molecule has 0 radical (unpaired) electrons. The van der Waals surface area contributed by atoms with Gasteiger partial charge in [-0.1, -0.05) is 12.1 Å². The zero-order valence-electron chi connectivity index (χ0n) is 12.1. The fraction of sp³-hybridized carbons (Fsp3) is 0.118. The maximum absolute atomic E-state index is 12.4. The molecule has 0 aliphatic rings. The lowest BCUT2D eigenvalue weighted by Gasteiger charge is -2.09. The predicted octanol–water partition coefficient (Wildman–Crippen LogP) is 1.86. The van der Waals surface area contributed by atoms with Crippen LogP contribution in [0.2, 0.25) is 0 Å². The van der Waals surface area contributed by atoms with Crippen molar-refractivity contribution in [1.82, 2.24) is 14.9 Å². The van der Waals surface area contributed by atoms with Crippen molar-refractivity contribution in [3.05, 3.63) is 76.3 Å². The van der Waals surface area contributed by atoms with E-state index in [-0.39, 0.29) is 16.9 Å². The minimum Gasteiger partial charge on any atom is -0.350 e. The molecule has 1 N–H and O–H groups in total. The molecule has 5 heteroatoms. The summed E-state index contributed by atoms with van der Waals surface area (Å²) in [4.78, 5) is 28.7. The number of aromatic nitrogens is 2. The first-order chi connectivity index (χ1) is 10.7. The van der Waals surface area contributed by atoms with E-state index < -0.39 is 0 Å². The Hall–Kier alpha value is -2.95. The Labute approximate surface area is 127 Å². The number of nitrogens with zero attached hydrogens (tertiary/aromatic N) is 2. The smallest absolute Gasteiger partial charge is 0.257 e. The number of fused-ring (bicyclic) bond motifs is 1. The van der Waals surface area contributed by atoms with Gasteiger partial charge in [-0.15, -0.1) is 0 Å². The Morgan fingerprint density at radius 1 is 1.18 bits per heavy atom. The zero-order valence-corrected chi connectivity index (χ0v) is 12.1. The first-order valence-electron chi connectivity index (χ1n) is 6.92. The number of rotatable bonds is 3. The minimum absolute atomic E-state index is 0.148. The van der Waals surface area contributed by atoms with E-state index in [1.54, 1.807) is 35.3 Å². The van der Waals surface area contributed by atoms with E-state index in [0.29, 0.717) is 11.9 Å². The summed E-state index contributed by atoms with van der Waals surface area (Å²) in [6.45, 7) is 0.358. The largest absolute Gasteiger partial charge is 0.350 e. The molecule has 1 aromatic carbocycles. The molecule has 1 amide bonds. The molecule has 3 rings (SSSR count). The van der Waals surface area contributed by atoms with Crippen molar-refractivity contribution < 1.29 is 4.79 Å². The van der Waals surface area contributed by atoms with Crippen molar-refractivity contribution >= 4 is 16.8 Å². The van der Waals surface area contributed by atoms with Gasteiger partial charge in [-0.05, 0) is 29.8 Å². The van der Waals surface area contributed by atoms with E-state index in [9.17, 15) is 9.59 Å². The lowest BCUT2D eigenvalue weighted by atomic mass is 10.1. The van der Waals surface area contributed by atoms with Crippen molar-refractivity contribution in [2.75, 3.05) is 0 Å². The first kappa shape index (κ1) is 14.0. The lowest BCUT2D eigenvalue weighted by molar-refractivity contribution is 0.0949. The molecule has 0 spiro atoms. The third kappa shape index (κ3) is 2.61. The molecular formula is C17H15N3O2. The SMILES string of the molecule is Cn1cc(C(=O)NCc2ccncc2)c(=O)c2ccccc21. The maximum Gasteiger partial charge on any atom is 0.257 e. The summed E-state index contributed by atoms with van der Waals surface area (Å²) in [7, 11) is 1.82. The molecular weight excluding hydrogens is 278 g/mol. The molecule has 0 bridgehead atoms. The Morgan fingerprint density at radius 2 is 1.91 bits per heavy atom. The van der Waals surface area contributed by atoms with E-state index in [1.807, 2.05) is 31.3 Å². The second-order valence-corrected chi connectivity index (χ2v) is 5.04. The van der Waals surface area contributed by atoms with Gasteiger partial charge >= 0.3 is 0 Å². The molecule has 5 nitrogen and oxygen atoms in total. The summed E-state index contributed by atoms with van der Waals surface area (Å²) in [6, 6.07) is 10.9. The van der Waals surface area contributed by atoms with Crippen LogP contribution in [0, 0.1) is 0 Å². The third-order valence-corrected chi connectivity index (χ3v) is 3.54. The minimum atomic E-state index is -0.372. The quantitative estimate of drug-likeness (QED) is 0.801. The lowest BCUT2D eigenvalue weighted by Crippen LogP contribution is -2.29. The zero-order chi connectivity index (χ0) is 15.5. The number of nitrogens with one attached hydrogen (secondary N) is 1. The number of hydrogen-bond acceptors (Lipinski definition) is 3. The summed E-state index contributed by atoms with van der Waals surface area (Å²) < 4.78 is 1.79. The van der Waals surface area contributed by atoms with Crippen LogP contribution in [0.25, 0.3) is 10.9 Å². The third-order valence-electron chi connectivity index (χ3n) is 3.54. The van der Waals surface area contributed by atoms with Gasteiger partial charge in [0.05, 0.1) is 5.52 Å². The average molecular weight is 293 g/mol. The van der Waals surface area contributed by atoms with Gasteiger partial charge in [0.15, 0.2) is 0 Å². The molecule has 110 valence electrons. The van der Waals surface area contributed by atoms with Gasteiger partial charge in [-0.2, -0.15) is 0 Å². The summed E-state index contributed by atoms with van der Waals surface area (Å²) >= 11 is 0. The average Bonchev–Trinajstić information content (AvgIpc) is 2.57. The molecule has 0 atom stereocenters. The van der Waals surface area contributed by atoms with Crippen LogP contribution < -0.4 is 10.7 Å². The normalized spacial score (nSPS) is 10.6. The highest BCUT2D eigenvalue weighted by Crippen LogP contribution is 2.10. The molecule has 0 saturated heterocycles. The number of aryl methyl sites for hydroxylation is 1. The number of carbonyl (C=O) groups is 1. The highest BCUT2D eigenvalue weighted by atomic mass is 16.2. The van der Waals surface area contributed by atoms with Gasteiger partial charge in [-0.3, -0.25) is 14.6 Å². The number of benzene rings is 1. The van der Waals surface area contributed by atoms with Crippen molar-refractivity contribution in [1.29, 1.82) is 0 Å². The van der Waals surface area contributed by atoms with Crippen LogP contribution in [-0.4, -0.2) is 15.5 Å². The Balaban J connectivity index is 1.91. The number of hydrogen-bond donors (Lipinski definition) is 1. The summed E-state index contributed by atoms with van der Waals surface area (Å²) in [6.07, 6.45) is 4.90. The monoisotopic (exact) mass is 293 g/mol. The van der Waals surface area contributed by atoms with Gasteiger partial charge in [0, 0.05) is 37.6 Å². The molecule has 0 aliphatic carbocycles. The number of carbonyl (C=O) groups excluding carboxylic acids is 1. The first-order valence-corrected chi connectivity index (χ1v) is 6.92. The van der Waals surface area contributed by atoms with Crippen LogP contribution >= 0.6 is 0 Å². The second-order valence-electron chi connectivity index (χ2n) is 5.04. The fourth-order valence-corrected chi connectivity index (χ4v) is 2.38. The van der Waals surface area contributed by atoms with E-state index >= 15 is 0 Å². The van der Waals surface area contributed by atoms with Gasteiger partial charge in [0.25, 0.3) is 5.91 Å². The number of amides is 1. The Morgan fingerprint density at radius 3 is 2.68 bits per heavy atom. The predicted molar refractivity (Wildman–Crippen MR) is 84.6 cm³/mol. The van der Waals surface area contributed by atoms with E-state index in [2.05, 4.69) is 10.3 Å². The molecule has 2 aromatic heterocycles. The Bertz CT molecular complexity index is 885. The van der Waals surface area contributed by atoms with Gasteiger partial charge < -0.3 is 9.88 Å². The van der Waals surface area contributed by atoms with Crippen LogP contribution in [0.1, 0.15) is 15.9 Å². The molecule has 2 heterocycles. The van der Waals surface area contributed by atoms with Crippen LogP contribution in [-0.2, 0) is 13.6 Å². The molecule has 0 aliphatic heterocycles. The molecule has 22 heavy (non-hydrogen) atoms. The number of pyridine rings is 2. The molecule has 0 unspecified atom stereocenters.